The zero-order valence-electron chi connectivity index (χ0n) is 10.9. The largest absolute Gasteiger partial charge is 0.310 e. The second-order valence-electron chi connectivity index (χ2n) is 5.45. The summed E-state index contributed by atoms with van der Waals surface area (Å²) in [6.45, 7) is 3.23. The van der Waals surface area contributed by atoms with Gasteiger partial charge in [0.05, 0.1) is 5.52 Å². The van der Waals surface area contributed by atoms with E-state index in [1.807, 2.05) is 12.3 Å². The fourth-order valence-corrected chi connectivity index (χ4v) is 2.53. The van der Waals surface area contributed by atoms with Crippen molar-refractivity contribution in [3.63, 3.8) is 0 Å². The van der Waals surface area contributed by atoms with E-state index in [1.165, 1.54) is 30.2 Å². The molecule has 0 spiro atoms. The van der Waals surface area contributed by atoms with Crippen LogP contribution in [0.5, 0.6) is 0 Å². The Morgan fingerprint density at radius 3 is 2.94 bits per heavy atom. The van der Waals surface area contributed by atoms with Gasteiger partial charge in [0, 0.05) is 24.2 Å². The fourth-order valence-electron chi connectivity index (χ4n) is 2.53. The first-order valence-corrected chi connectivity index (χ1v) is 6.89. The van der Waals surface area contributed by atoms with Gasteiger partial charge in [0.2, 0.25) is 0 Å². The molecule has 0 amide bonds. The first-order valence-electron chi connectivity index (χ1n) is 6.89. The van der Waals surface area contributed by atoms with Crippen LogP contribution >= 0.6 is 0 Å². The van der Waals surface area contributed by atoms with Crippen LogP contribution in [0.15, 0.2) is 36.5 Å². The van der Waals surface area contributed by atoms with Crippen LogP contribution in [0.25, 0.3) is 10.9 Å². The summed E-state index contributed by atoms with van der Waals surface area (Å²) in [6.07, 6.45) is 6.10. The van der Waals surface area contributed by atoms with Crippen molar-refractivity contribution in [2.45, 2.75) is 38.8 Å². The number of fused-ring (bicyclic) bond motifs is 1. The summed E-state index contributed by atoms with van der Waals surface area (Å²) < 4.78 is 0. The maximum Gasteiger partial charge on any atom is 0.0705 e. The van der Waals surface area contributed by atoms with Gasteiger partial charge >= 0.3 is 0 Å². The second-order valence-corrected chi connectivity index (χ2v) is 5.45. The Morgan fingerprint density at radius 1 is 1.28 bits per heavy atom. The van der Waals surface area contributed by atoms with Crippen molar-refractivity contribution >= 4 is 10.9 Å². The SMILES string of the molecule is CC(CC1CC1)NCc1ccnc2ccccc12. The molecule has 1 N–H and O–H groups in total. The molecule has 1 atom stereocenters. The normalized spacial score (nSPS) is 16.9. The monoisotopic (exact) mass is 240 g/mol. The summed E-state index contributed by atoms with van der Waals surface area (Å²) in [6, 6.07) is 11.1. The van der Waals surface area contributed by atoms with Crippen LogP contribution in [-0.2, 0) is 6.54 Å². The Kier molecular flexibility index (Phi) is 3.28. The molecule has 1 aliphatic rings. The summed E-state index contributed by atoms with van der Waals surface area (Å²) in [7, 11) is 0. The number of hydrogen-bond donors (Lipinski definition) is 1. The number of hydrogen-bond acceptors (Lipinski definition) is 2. The molecule has 0 saturated heterocycles. The number of pyridine rings is 1. The van der Waals surface area contributed by atoms with Crippen LogP contribution in [0.1, 0.15) is 31.7 Å². The maximum absolute atomic E-state index is 4.40. The second kappa shape index (κ2) is 5.07. The van der Waals surface area contributed by atoms with Gasteiger partial charge in [-0.2, -0.15) is 0 Å². The number of nitrogens with one attached hydrogen (secondary N) is 1. The van der Waals surface area contributed by atoms with Crippen LogP contribution in [0.3, 0.4) is 0 Å². The van der Waals surface area contributed by atoms with Crippen molar-refractivity contribution in [3.05, 3.63) is 42.1 Å². The minimum Gasteiger partial charge on any atom is -0.310 e. The van der Waals surface area contributed by atoms with Crippen molar-refractivity contribution in [1.29, 1.82) is 0 Å². The molecule has 1 saturated carbocycles. The first kappa shape index (κ1) is 11.7. The van der Waals surface area contributed by atoms with Crippen LogP contribution in [0.4, 0.5) is 0 Å². The third-order valence-corrected chi connectivity index (χ3v) is 3.76. The van der Waals surface area contributed by atoms with Gasteiger partial charge in [0.15, 0.2) is 0 Å². The fraction of sp³-hybridized carbons (Fsp3) is 0.438. The molecule has 0 bridgehead atoms. The summed E-state index contributed by atoms with van der Waals surface area (Å²) in [5.41, 5.74) is 2.44. The number of rotatable bonds is 5. The van der Waals surface area contributed by atoms with Crippen molar-refractivity contribution in [3.8, 4) is 0 Å². The number of nitrogens with zero attached hydrogens (tertiary/aromatic N) is 1. The van der Waals surface area contributed by atoms with E-state index in [9.17, 15) is 0 Å². The highest BCUT2D eigenvalue weighted by Crippen LogP contribution is 2.33. The lowest BCUT2D eigenvalue weighted by atomic mass is 10.1. The molecule has 1 fully saturated rings. The van der Waals surface area contributed by atoms with Gasteiger partial charge in [0.1, 0.15) is 0 Å². The molecule has 94 valence electrons. The summed E-state index contributed by atoms with van der Waals surface area (Å²) in [5, 5.41) is 4.90. The van der Waals surface area contributed by atoms with Gasteiger partial charge in [-0.3, -0.25) is 4.98 Å². The van der Waals surface area contributed by atoms with Gasteiger partial charge in [0.25, 0.3) is 0 Å². The molecule has 2 heteroatoms. The van der Waals surface area contributed by atoms with E-state index in [2.05, 4.69) is 41.5 Å². The number of para-hydroxylation sites is 1. The minimum atomic E-state index is 0.615. The highest BCUT2D eigenvalue weighted by atomic mass is 14.9. The zero-order valence-corrected chi connectivity index (χ0v) is 10.9. The van der Waals surface area contributed by atoms with E-state index in [0.29, 0.717) is 6.04 Å². The van der Waals surface area contributed by atoms with Crippen molar-refractivity contribution in [2.24, 2.45) is 5.92 Å². The predicted molar refractivity (Wildman–Crippen MR) is 75.4 cm³/mol. The van der Waals surface area contributed by atoms with Gasteiger partial charge in [-0.25, -0.2) is 0 Å². The Labute approximate surface area is 108 Å². The number of benzene rings is 1. The molecule has 1 aromatic heterocycles. The van der Waals surface area contributed by atoms with E-state index in [-0.39, 0.29) is 0 Å². The Bertz CT molecular complexity index is 526. The highest BCUT2D eigenvalue weighted by Gasteiger charge is 2.23. The summed E-state index contributed by atoms with van der Waals surface area (Å²) in [4.78, 5) is 4.40. The van der Waals surface area contributed by atoms with Crippen LogP contribution in [0.2, 0.25) is 0 Å². The van der Waals surface area contributed by atoms with E-state index in [1.54, 1.807) is 0 Å². The summed E-state index contributed by atoms with van der Waals surface area (Å²) >= 11 is 0. The molecule has 2 aromatic rings. The van der Waals surface area contributed by atoms with Crippen molar-refractivity contribution < 1.29 is 0 Å². The molecule has 1 heterocycles. The van der Waals surface area contributed by atoms with Crippen molar-refractivity contribution in [1.82, 2.24) is 10.3 Å². The van der Waals surface area contributed by atoms with Crippen LogP contribution < -0.4 is 5.32 Å². The van der Waals surface area contributed by atoms with E-state index in [4.69, 9.17) is 0 Å². The van der Waals surface area contributed by atoms with Crippen LogP contribution in [0, 0.1) is 5.92 Å². The van der Waals surface area contributed by atoms with E-state index < -0.39 is 0 Å². The molecule has 2 nitrogen and oxygen atoms in total. The molecule has 1 unspecified atom stereocenters. The average molecular weight is 240 g/mol. The number of aromatic nitrogens is 1. The predicted octanol–water partition coefficient (Wildman–Crippen LogP) is 3.51. The standard InChI is InChI=1S/C16H20N2/c1-12(10-13-6-7-13)18-11-14-8-9-17-16-5-3-2-4-15(14)16/h2-5,8-9,12-13,18H,6-7,10-11H2,1H3. The Hall–Kier alpha value is -1.41. The lowest BCUT2D eigenvalue weighted by Crippen LogP contribution is -2.26. The third-order valence-electron chi connectivity index (χ3n) is 3.76. The first-order chi connectivity index (χ1) is 8.83. The minimum absolute atomic E-state index is 0.615. The average Bonchev–Trinajstić information content (AvgIpc) is 3.20. The molecule has 1 aromatic carbocycles. The van der Waals surface area contributed by atoms with Crippen LogP contribution in [-0.4, -0.2) is 11.0 Å². The van der Waals surface area contributed by atoms with Gasteiger partial charge in [-0.05, 0) is 37.0 Å². The molecular formula is C16H20N2. The third kappa shape index (κ3) is 2.70. The van der Waals surface area contributed by atoms with Crippen molar-refractivity contribution in [2.75, 3.05) is 0 Å². The molecule has 0 radical (unpaired) electrons. The summed E-state index contributed by atoms with van der Waals surface area (Å²) in [5.74, 6) is 0.988. The smallest absolute Gasteiger partial charge is 0.0705 e. The van der Waals surface area contributed by atoms with Gasteiger partial charge in [-0.15, -0.1) is 0 Å². The Morgan fingerprint density at radius 2 is 2.11 bits per heavy atom. The molecule has 3 rings (SSSR count). The topological polar surface area (TPSA) is 24.9 Å². The van der Waals surface area contributed by atoms with Gasteiger partial charge < -0.3 is 5.32 Å². The Balaban J connectivity index is 1.69. The van der Waals surface area contributed by atoms with E-state index in [0.717, 1.165) is 18.0 Å². The maximum atomic E-state index is 4.40. The lowest BCUT2D eigenvalue weighted by molar-refractivity contribution is 0.488. The highest BCUT2D eigenvalue weighted by molar-refractivity contribution is 5.81. The molecule has 18 heavy (non-hydrogen) atoms. The van der Waals surface area contributed by atoms with E-state index >= 15 is 0 Å². The van der Waals surface area contributed by atoms with Gasteiger partial charge in [-0.1, -0.05) is 31.0 Å². The molecular weight excluding hydrogens is 220 g/mol. The quantitative estimate of drug-likeness (QED) is 0.865. The zero-order chi connectivity index (χ0) is 12.4. The lowest BCUT2D eigenvalue weighted by Gasteiger charge is -2.14. The molecule has 1 aliphatic carbocycles. The molecule has 0 aliphatic heterocycles.